The summed E-state index contributed by atoms with van der Waals surface area (Å²) in [4.78, 5) is 19.4. The highest BCUT2D eigenvalue weighted by Crippen LogP contribution is 2.31. The van der Waals surface area contributed by atoms with Crippen LogP contribution in [0.5, 0.6) is 0 Å². The Morgan fingerprint density at radius 1 is 1.31 bits per heavy atom. The minimum Gasteiger partial charge on any atom is -0.451 e. The van der Waals surface area contributed by atoms with Gasteiger partial charge in [0, 0.05) is 22.7 Å². The van der Waals surface area contributed by atoms with Crippen LogP contribution < -0.4 is 0 Å². The zero-order valence-electron chi connectivity index (χ0n) is 15.2. The van der Waals surface area contributed by atoms with E-state index in [2.05, 4.69) is 26.2 Å². The van der Waals surface area contributed by atoms with E-state index in [1.54, 1.807) is 16.2 Å². The quantitative estimate of drug-likeness (QED) is 0.671. The Kier molecular flexibility index (Phi) is 4.32. The van der Waals surface area contributed by atoms with Gasteiger partial charge < -0.3 is 14.1 Å². The van der Waals surface area contributed by atoms with E-state index in [-0.39, 0.29) is 17.4 Å². The van der Waals surface area contributed by atoms with Crippen molar-refractivity contribution in [2.24, 2.45) is 0 Å². The Bertz CT molecular complexity index is 905. The fourth-order valence-electron chi connectivity index (χ4n) is 3.01. The van der Waals surface area contributed by atoms with Gasteiger partial charge in [0.15, 0.2) is 5.76 Å². The molecule has 3 aromatic rings. The molecule has 1 fully saturated rings. The number of nitrogens with zero attached hydrogens (tertiary/aromatic N) is 2. The molecule has 0 N–H and O–H groups in total. The van der Waals surface area contributed by atoms with Crippen LogP contribution in [0.1, 0.15) is 48.1 Å². The van der Waals surface area contributed by atoms with Crippen LogP contribution in [0.2, 0.25) is 0 Å². The number of carbonyl (C=O) groups is 1. The molecule has 0 radical (unpaired) electrons. The van der Waals surface area contributed by atoms with Crippen molar-refractivity contribution < 1.29 is 13.9 Å². The number of hydrogen-bond acceptors (Lipinski definition) is 5. The summed E-state index contributed by atoms with van der Waals surface area (Å²) >= 11 is 1.60. The van der Waals surface area contributed by atoms with Gasteiger partial charge in [0.25, 0.3) is 5.91 Å². The number of rotatable bonds is 2. The predicted octanol–water partition coefficient (Wildman–Crippen LogP) is 4.40. The van der Waals surface area contributed by atoms with Gasteiger partial charge in [-0.15, -0.1) is 11.3 Å². The molecule has 136 valence electrons. The van der Waals surface area contributed by atoms with Crippen molar-refractivity contribution in [3.05, 3.63) is 52.2 Å². The lowest BCUT2D eigenvalue weighted by atomic mass is 9.93. The van der Waals surface area contributed by atoms with Gasteiger partial charge in [0.2, 0.25) is 0 Å². The third kappa shape index (κ3) is 3.27. The fourth-order valence-corrected chi connectivity index (χ4v) is 4.09. The smallest absolute Gasteiger partial charge is 0.289 e. The Hall–Kier alpha value is -2.18. The fraction of sp³-hybridized carbons (Fsp3) is 0.400. The van der Waals surface area contributed by atoms with Crippen LogP contribution in [0.25, 0.3) is 11.0 Å². The highest BCUT2D eigenvalue weighted by molar-refractivity contribution is 7.09. The van der Waals surface area contributed by atoms with Crippen molar-refractivity contribution in [1.82, 2.24) is 9.88 Å². The van der Waals surface area contributed by atoms with Crippen LogP contribution in [0.3, 0.4) is 0 Å². The highest BCUT2D eigenvalue weighted by atomic mass is 32.1. The zero-order valence-corrected chi connectivity index (χ0v) is 16.0. The Morgan fingerprint density at radius 3 is 2.85 bits per heavy atom. The second-order valence-electron chi connectivity index (χ2n) is 7.58. The normalized spacial score (nSPS) is 18.4. The summed E-state index contributed by atoms with van der Waals surface area (Å²) < 4.78 is 11.6. The molecule has 26 heavy (non-hydrogen) atoms. The van der Waals surface area contributed by atoms with Crippen LogP contribution in [0.15, 0.2) is 40.1 Å². The molecule has 1 aliphatic heterocycles. The lowest BCUT2D eigenvalue weighted by Crippen LogP contribution is -2.42. The van der Waals surface area contributed by atoms with E-state index in [4.69, 9.17) is 14.1 Å². The number of amides is 1. The summed E-state index contributed by atoms with van der Waals surface area (Å²) in [5.74, 6) is 0.281. The molecule has 5 nitrogen and oxygen atoms in total. The summed E-state index contributed by atoms with van der Waals surface area (Å²) in [6.07, 6.45) is -0.182. The van der Waals surface area contributed by atoms with E-state index >= 15 is 0 Å². The van der Waals surface area contributed by atoms with E-state index in [0.717, 1.165) is 21.7 Å². The molecule has 2 aromatic heterocycles. The molecule has 0 spiro atoms. The number of aromatic nitrogens is 1. The number of benzene rings is 1. The average Bonchev–Trinajstić information content (AvgIpc) is 3.28. The maximum atomic E-state index is 12.9. The van der Waals surface area contributed by atoms with E-state index in [1.165, 1.54) is 0 Å². The van der Waals surface area contributed by atoms with Gasteiger partial charge >= 0.3 is 0 Å². The number of thiazole rings is 1. The first-order valence-electron chi connectivity index (χ1n) is 8.77. The molecule has 1 unspecified atom stereocenters. The van der Waals surface area contributed by atoms with Crippen molar-refractivity contribution in [1.29, 1.82) is 0 Å². The van der Waals surface area contributed by atoms with Gasteiger partial charge in [-0.25, -0.2) is 4.98 Å². The summed E-state index contributed by atoms with van der Waals surface area (Å²) in [6, 6.07) is 9.47. The van der Waals surface area contributed by atoms with Gasteiger partial charge in [0.1, 0.15) is 16.7 Å². The second kappa shape index (κ2) is 6.52. The van der Waals surface area contributed by atoms with Crippen LogP contribution in [0, 0.1) is 0 Å². The number of para-hydroxylation sites is 1. The summed E-state index contributed by atoms with van der Waals surface area (Å²) in [6.45, 7) is 7.98. The minimum absolute atomic E-state index is 0.00714. The second-order valence-corrected chi connectivity index (χ2v) is 8.47. The van der Waals surface area contributed by atoms with Gasteiger partial charge in [-0.05, 0) is 12.1 Å². The van der Waals surface area contributed by atoms with E-state index in [1.807, 2.05) is 30.3 Å². The number of carbonyl (C=O) groups excluding carboxylic acids is 1. The van der Waals surface area contributed by atoms with Gasteiger partial charge in [-0.2, -0.15) is 0 Å². The molecule has 0 saturated carbocycles. The molecular formula is C20H22N2O3S. The summed E-state index contributed by atoms with van der Waals surface area (Å²) in [5.41, 5.74) is 1.80. The molecule has 1 aliphatic rings. The topological polar surface area (TPSA) is 55.6 Å². The minimum atomic E-state index is -0.182. The molecule has 0 aliphatic carbocycles. The molecule has 0 bridgehead atoms. The van der Waals surface area contributed by atoms with E-state index in [9.17, 15) is 4.79 Å². The van der Waals surface area contributed by atoms with Crippen molar-refractivity contribution in [3.63, 3.8) is 0 Å². The largest absolute Gasteiger partial charge is 0.451 e. The van der Waals surface area contributed by atoms with Gasteiger partial charge in [-0.3, -0.25) is 4.79 Å². The van der Waals surface area contributed by atoms with Gasteiger partial charge in [-0.1, -0.05) is 39.0 Å². The van der Waals surface area contributed by atoms with Crippen LogP contribution in [0.4, 0.5) is 0 Å². The van der Waals surface area contributed by atoms with Gasteiger partial charge in [0.05, 0.1) is 18.8 Å². The molecule has 1 aromatic carbocycles. The van der Waals surface area contributed by atoms with Crippen molar-refractivity contribution in [3.8, 4) is 0 Å². The van der Waals surface area contributed by atoms with Crippen LogP contribution in [-0.4, -0.2) is 35.5 Å². The third-order valence-corrected chi connectivity index (χ3v) is 5.49. The molecular weight excluding hydrogens is 348 g/mol. The molecule has 1 amide bonds. The lowest BCUT2D eigenvalue weighted by molar-refractivity contribution is -0.0238. The molecule has 1 atom stereocenters. The Labute approximate surface area is 156 Å². The number of hydrogen-bond donors (Lipinski definition) is 0. The first-order chi connectivity index (χ1) is 12.4. The average molecular weight is 370 g/mol. The van der Waals surface area contributed by atoms with E-state index < -0.39 is 0 Å². The number of furan rings is 1. The van der Waals surface area contributed by atoms with E-state index in [0.29, 0.717) is 25.5 Å². The Morgan fingerprint density at radius 2 is 2.12 bits per heavy atom. The van der Waals surface area contributed by atoms with Crippen molar-refractivity contribution in [2.75, 3.05) is 19.7 Å². The molecule has 6 heteroatoms. The number of fused-ring (bicyclic) bond motifs is 1. The third-order valence-electron chi connectivity index (χ3n) is 4.56. The lowest BCUT2D eigenvalue weighted by Gasteiger charge is -2.31. The van der Waals surface area contributed by atoms with Crippen LogP contribution in [-0.2, 0) is 10.2 Å². The zero-order chi connectivity index (χ0) is 18.3. The monoisotopic (exact) mass is 370 g/mol. The summed E-state index contributed by atoms with van der Waals surface area (Å²) in [7, 11) is 0. The molecule has 3 heterocycles. The maximum absolute atomic E-state index is 12.9. The van der Waals surface area contributed by atoms with Crippen molar-refractivity contribution in [2.45, 2.75) is 32.3 Å². The summed E-state index contributed by atoms with van der Waals surface area (Å²) in [5, 5.41) is 3.95. The predicted molar refractivity (Wildman–Crippen MR) is 102 cm³/mol. The highest BCUT2D eigenvalue weighted by Gasteiger charge is 2.30. The first-order valence-corrected chi connectivity index (χ1v) is 9.65. The van der Waals surface area contributed by atoms with Crippen LogP contribution >= 0.6 is 11.3 Å². The standard InChI is InChI=1S/C20H22N2O3S/c1-20(2,3)17-12-26-18(21-17)16-11-22(8-9-24-16)19(23)15-10-13-6-4-5-7-14(13)25-15/h4-7,10,12,16H,8-9,11H2,1-3H3. The maximum Gasteiger partial charge on any atom is 0.289 e. The molecule has 4 rings (SSSR count). The number of ether oxygens (including phenoxy) is 1. The first kappa shape index (κ1) is 17.2. The SMILES string of the molecule is CC(C)(C)c1csc(C2CN(C(=O)c3cc4ccccc4o3)CCO2)n1. The van der Waals surface area contributed by atoms with Crippen molar-refractivity contribution >= 4 is 28.2 Å². The number of morpholine rings is 1. The molecule has 1 saturated heterocycles. The Balaban J connectivity index is 1.52.